The molecule has 1 heterocycles. The van der Waals surface area contributed by atoms with Crippen molar-refractivity contribution in [3.63, 3.8) is 0 Å². The lowest BCUT2D eigenvalue weighted by molar-refractivity contribution is -0.132. The molecule has 0 aliphatic rings. The third-order valence-electron chi connectivity index (χ3n) is 5.03. The number of benzene rings is 2. The van der Waals surface area contributed by atoms with E-state index in [2.05, 4.69) is 31.8 Å². The van der Waals surface area contributed by atoms with Crippen LogP contribution >= 0.6 is 39.1 Å². The van der Waals surface area contributed by atoms with E-state index in [0.717, 1.165) is 10.0 Å². The lowest BCUT2D eigenvalue weighted by atomic mass is 10.0. The Bertz CT molecular complexity index is 1230. The van der Waals surface area contributed by atoms with Gasteiger partial charge in [0.15, 0.2) is 6.10 Å². The number of ether oxygens (including phenoxy) is 1. The summed E-state index contributed by atoms with van der Waals surface area (Å²) >= 11 is 15.4. The molecule has 3 aromatic rings. The Morgan fingerprint density at radius 2 is 1.78 bits per heavy atom. The fraction of sp³-hybridized carbons (Fsp3) is 0.269. The highest BCUT2D eigenvalue weighted by molar-refractivity contribution is 9.10. The summed E-state index contributed by atoms with van der Waals surface area (Å²) in [5.74, 6) is 0.694. The maximum absolute atomic E-state index is 12.8. The number of carbonyl (C=O) groups excluding carboxylic acids is 2. The molecule has 0 saturated heterocycles. The second kappa shape index (κ2) is 12.9. The molecule has 2 amide bonds. The van der Waals surface area contributed by atoms with Crippen LogP contribution in [0, 0.1) is 5.92 Å². The van der Waals surface area contributed by atoms with E-state index < -0.39 is 24.0 Å². The molecule has 1 aromatic heterocycles. The molecule has 0 spiro atoms. The highest BCUT2D eigenvalue weighted by Gasteiger charge is 2.25. The Kier molecular flexibility index (Phi) is 9.98. The largest absolute Gasteiger partial charge is 0.479 e. The van der Waals surface area contributed by atoms with Gasteiger partial charge >= 0.3 is 0 Å². The number of nitrogens with one attached hydrogen (secondary N) is 2. The topological polar surface area (TPSA) is 92.9 Å². The summed E-state index contributed by atoms with van der Waals surface area (Å²) < 4.78 is 12.4. The van der Waals surface area contributed by atoms with Gasteiger partial charge in [0.05, 0.1) is 11.2 Å². The van der Waals surface area contributed by atoms with Crippen LogP contribution in [0.5, 0.6) is 5.75 Å². The zero-order chi connectivity index (χ0) is 26.2. The summed E-state index contributed by atoms with van der Waals surface area (Å²) in [6.07, 6.45) is 0.925. The van der Waals surface area contributed by atoms with E-state index in [1.54, 1.807) is 25.1 Å². The van der Waals surface area contributed by atoms with Crippen molar-refractivity contribution in [2.45, 2.75) is 39.3 Å². The standard InChI is InChI=1S/C26H26BrCl2N3O4/c1-15(2)12-22(31-25(33)16(3)35-24-10-8-19(28)13-21(24)29)26(34)32-30-14-20-9-11-23(36-20)17-4-6-18(27)7-5-17/h4-11,13-16,22H,12H2,1-3H3,(H,31,33)(H,32,34)/b30-14-/t16-,22-/m0/s1. The molecule has 2 aromatic carbocycles. The van der Waals surface area contributed by atoms with Gasteiger partial charge in [0.25, 0.3) is 11.8 Å². The summed E-state index contributed by atoms with van der Waals surface area (Å²) in [4.78, 5) is 25.5. The Morgan fingerprint density at radius 3 is 2.44 bits per heavy atom. The first-order chi connectivity index (χ1) is 17.1. The van der Waals surface area contributed by atoms with Crippen molar-refractivity contribution in [1.82, 2.24) is 10.7 Å². The number of hydrogen-bond acceptors (Lipinski definition) is 5. The Hall–Kier alpha value is -2.81. The van der Waals surface area contributed by atoms with Gasteiger partial charge in [-0.05, 0) is 61.7 Å². The molecule has 0 aliphatic heterocycles. The average molecular weight is 595 g/mol. The van der Waals surface area contributed by atoms with E-state index in [9.17, 15) is 9.59 Å². The number of hydrazone groups is 1. The van der Waals surface area contributed by atoms with Crippen LogP contribution in [0.3, 0.4) is 0 Å². The van der Waals surface area contributed by atoms with E-state index in [1.807, 2.05) is 44.2 Å². The minimum Gasteiger partial charge on any atom is -0.479 e. The second-order valence-electron chi connectivity index (χ2n) is 8.47. The normalized spacial score (nSPS) is 13.0. The zero-order valence-electron chi connectivity index (χ0n) is 19.9. The molecule has 0 unspecified atom stereocenters. The highest BCUT2D eigenvalue weighted by atomic mass is 79.9. The first kappa shape index (κ1) is 27.8. The van der Waals surface area contributed by atoms with Crippen LogP contribution in [-0.4, -0.2) is 30.2 Å². The van der Waals surface area contributed by atoms with E-state index >= 15 is 0 Å². The smallest absolute Gasteiger partial charge is 0.262 e. The van der Waals surface area contributed by atoms with Crippen LogP contribution in [0.15, 0.2) is 68.6 Å². The summed E-state index contributed by atoms with van der Waals surface area (Å²) in [5.41, 5.74) is 3.39. The maximum Gasteiger partial charge on any atom is 0.262 e. The van der Waals surface area contributed by atoms with Crippen LogP contribution in [0.1, 0.15) is 33.0 Å². The zero-order valence-corrected chi connectivity index (χ0v) is 23.0. The van der Waals surface area contributed by atoms with Gasteiger partial charge in [0.2, 0.25) is 0 Å². The minimum absolute atomic E-state index is 0.144. The van der Waals surface area contributed by atoms with Crippen molar-refractivity contribution in [1.29, 1.82) is 0 Å². The molecule has 0 aliphatic carbocycles. The van der Waals surface area contributed by atoms with Crippen LogP contribution < -0.4 is 15.5 Å². The van der Waals surface area contributed by atoms with E-state index in [4.69, 9.17) is 32.4 Å². The van der Waals surface area contributed by atoms with Gasteiger partial charge in [-0.15, -0.1) is 0 Å². The number of rotatable bonds is 10. The Labute approximate surface area is 228 Å². The van der Waals surface area contributed by atoms with Crippen molar-refractivity contribution in [2.24, 2.45) is 11.0 Å². The number of carbonyl (C=O) groups is 2. The first-order valence-electron chi connectivity index (χ1n) is 11.2. The minimum atomic E-state index is -0.894. The SMILES string of the molecule is CC(C)C[C@H](NC(=O)[C@H](C)Oc1ccc(Cl)cc1Cl)C(=O)N/N=C\c1ccc(-c2ccc(Br)cc2)o1. The fourth-order valence-electron chi connectivity index (χ4n) is 3.24. The molecular weight excluding hydrogens is 569 g/mol. The molecule has 190 valence electrons. The lowest BCUT2D eigenvalue weighted by Crippen LogP contribution is -2.49. The molecule has 2 N–H and O–H groups in total. The summed E-state index contributed by atoms with van der Waals surface area (Å²) in [6.45, 7) is 5.48. The van der Waals surface area contributed by atoms with Crippen molar-refractivity contribution in [2.75, 3.05) is 0 Å². The molecule has 7 nitrogen and oxygen atoms in total. The molecule has 0 radical (unpaired) electrons. The molecule has 2 atom stereocenters. The number of hydrogen-bond donors (Lipinski definition) is 2. The van der Waals surface area contributed by atoms with Gasteiger partial charge in [-0.1, -0.05) is 65.1 Å². The predicted molar refractivity (Wildman–Crippen MR) is 146 cm³/mol. The third kappa shape index (κ3) is 8.11. The molecule has 0 fully saturated rings. The number of nitrogens with zero attached hydrogens (tertiary/aromatic N) is 1. The third-order valence-corrected chi connectivity index (χ3v) is 6.09. The van der Waals surface area contributed by atoms with Crippen LogP contribution in [0.4, 0.5) is 0 Å². The van der Waals surface area contributed by atoms with Gasteiger partial charge < -0.3 is 14.5 Å². The average Bonchev–Trinajstić information content (AvgIpc) is 3.29. The van der Waals surface area contributed by atoms with Crippen molar-refractivity contribution >= 4 is 57.2 Å². The molecule has 0 bridgehead atoms. The lowest BCUT2D eigenvalue weighted by Gasteiger charge is -2.22. The monoisotopic (exact) mass is 593 g/mol. The molecule has 0 saturated carbocycles. The van der Waals surface area contributed by atoms with Crippen molar-refractivity contribution in [3.05, 3.63) is 74.9 Å². The Morgan fingerprint density at radius 1 is 1.06 bits per heavy atom. The first-order valence-corrected chi connectivity index (χ1v) is 12.8. The molecule has 36 heavy (non-hydrogen) atoms. The van der Waals surface area contributed by atoms with Crippen molar-refractivity contribution in [3.8, 4) is 17.1 Å². The quantitative estimate of drug-likeness (QED) is 0.208. The predicted octanol–water partition coefficient (Wildman–Crippen LogP) is 6.46. The maximum atomic E-state index is 12.8. The van der Waals surface area contributed by atoms with Gasteiger partial charge in [-0.25, -0.2) is 5.43 Å². The van der Waals surface area contributed by atoms with Crippen LogP contribution in [-0.2, 0) is 9.59 Å². The summed E-state index contributed by atoms with van der Waals surface area (Å²) in [7, 11) is 0. The molecular formula is C26H26BrCl2N3O4. The second-order valence-corrected chi connectivity index (χ2v) is 10.2. The Balaban J connectivity index is 1.59. The van der Waals surface area contributed by atoms with Gasteiger partial charge in [-0.3, -0.25) is 9.59 Å². The molecule has 3 rings (SSSR count). The van der Waals surface area contributed by atoms with Gasteiger partial charge in [0, 0.05) is 15.1 Å². The van der Waals surface area contributed by atoms with Crippen LogP contribution in [0.25, 0.3) is 11.3 Å². The van der Waals surface area contributed by atoms with Gasteiger partial charge in [0.1, 0.15) is 23.3 Å². The van der Waals surface area contributed by atoms with E-state index in [0.29, 0.717) is 28.7 Å². The highest BCUT2D eigenvalue weighted by Crippen LogP contribution is 2.28. The summed E-state index contributed by atoms with van der Waals surface area (Å²) in [6, 6.07) is 15.2. The fourth-order valence-corrected chi connectivity index (χ4v) is 3.95. The number of furan rings is 1. The molecule has 10 heteroatoms. The number of halogens is 3. The van der Waals surface area contributed by atoms with E-state index in [-0.39, 0.29) is 10.9 Å². The van der Waals surface area contributed by atoms with Crippen LogP contribution in [0.2, 0.25) is 10.0 Å². The van der Waals surface area contributed by atoms with Gasteiger partial charge in [-0.2, -0.15) is 5.10 Å². The summed E-state index contributed by atoms with van der Waals surface area (Å²) in [5, 5.41) is 7.47. The van der Waals surface area contributed by atoms with Crippen molar-refractivity contribution < 1.29 is 18.7 Å². The van der Waals surface area contributed by atoms with E-state index in [1.165, 1.54) is 12.3 Å². The number of amides is 2.